The smallest absolute Gasteiger partial charge is 0.131 e. The van der Waals surface area contributed by atoms with Crippen molar-refractivity contribution in [2.75, 3.05) is 0 Å². The second-order valence-corrected chi connectivity index (χ2v) is 4.91. The summed E-state index contributed by atoms with van der Waals surface area (Å²) in [5.74, 6) is 2.16. The largest absolute Gasteiger partial charge is 0.457 e. The maximum absolute atomic E-state index is 6.02. The third kappa shape index (κ3) is 2.02. The maximum atomic E-state index is 6.02. The molecule has 18 heavy (non-hydrogen) atoms. The highest BCUT2D eigenvalue weighted by Gasteiger charge is 2.18. The van der Waals surface area contributed by atoms with Gasteiger partial charge in [0, 0.05) is 22.1 Å². The van der Waals surface area contributed by atoms with E-state index < -0.39 is 0 Å². The summed E-state index contributed by atoms with van der Waals surface area (Å²) in [5.41, 5.74) is 2.24. The van der Waals surface area contributed by atoms with Crippen LogP contribution in [0, 0.1) is 0 Å². The van der Waals surface area contributed by atoms with Crippen molar-refractivity contribution in [1.82, 2.24) is 0 Å². The van der Waals surface area contributed by atoms with Gasteiger partial charge in [-0.2, -0.15) is 0 Å². The lowest BCUT2D eigenvalue weighted by Gasteiger charge is -2.22. The highest BCUT2D eigenvalue weighted by Crippen LogP contribution is 2.37. The Morgan fingerprint density at radius 2 is 1.89 bits per heavy atom. The van der Waals surface area contributed by atoms with Crippen LogP contribution in [0.25, 0.3) is 5.76 Å². The predicted molar refractivity (Wildman–Crippen MR) is 74.9 cm³/mol. The molecule has 2 aromatic rings. The first-order chi connectivity index (χ1) is 8.74. The highest BCUT2D eigenvalue weighted by atomic mass is 35.5. The van der Waals surface area contributed by atoms with E-state index >= 15 is 0 Å². The zero-order valence-corrected chi connectivity index (χ0v) is 10.8. The Morgan fingerprint density at radius 1 is 1.06 bits per heavy atom. The Hall–Kier alpha value is -1.73. The van der Waals surface area contributed by atoms with Gasteiger partial charge in [0.25, 0.3) is 0 Å². The molecular weight excluding hydrogens is 244 g/mol. The van der Waals surface area contributed by atoms with Gasteiger partial charge in [-0.3, -0.25) is 0 Å². The molecule has 1 aliphatic heterocycles. The minimum atomic E-state index is 0.351. The minimum Gasteiger partial charge on any atom is -0.457 e. The van der Waals surface area contributed by atoms with Crippen molar-refractivity contribution in [3.8, 4) is 5.75 Å². The van der Waals surface area contributed by atoms with E-state index in [2.05, 4.69) is 19.1 Å². The van der Waals surface area contributed by atoms with Crippen LogP contribution in [0.5, 0.6) is 5.75 Å². The minimum absolute atomic E-state index is 0.351. The molecule has 0 aliphatic carbocycles. The third-order valence-corrected chi connectivity index (χ3v) is 3.38. The fraction of sp³-hybridized carbons (Fsp3) is 0.125. The molecule has 2 aromatic carbocycles. The van der Waals surface area contributed by atoms with E-state index in [1.807, 2.05) is 42.5 Å². The highest BCUT2D eigenvalue weighted by molar-refractivity contribution is 6.30. The number of hydrogen-bond acceptors (Lipinski definition) is 1. The Bertz CT molecular complexity index is 616. The van der Waals surface area contributed by atoms with Crippen molar-refractivity contribution in [2.45, 2.75) is 12.8 Å². The van der Waals surface area contributed by atoms with Gasteiger partial charge in [0.05, 0.1) is 0 Å². The molecule has 1 heterocycles. The third-order valence-electron chi connectivity index (χ3n) is 3.14. The number of benzene rings is 2. The second kappa shape index (κ2) is 4.51. The van der Waals surface area contributed by atoms with Gasteiger partial charge >= 0.3 is 0 Å². The average Bonchev–Trinajstić information content (AvgIpc) is 2.39. The van der Waals surface area contributed by atoms with E-state index in [0.29, 0.717) is 5.92 Å². The monoisotopic (exact) mass is 256 g/mol. The number of allylic oxidation sites excluding steroid dienone is 1. The number of para-hydroxylation sites is 1. The van der Waals surface area contributed by atoms with Crippen LogP contribution in [0.15, 0.2) is 54.6 Å². The lowest BCUT2D eigenvalue weighted by molar-refractivity contribution is 0.490. The lowest BCUT2D eigenvalue weighted by Crippen LogP contribution is -2.06. The number of rotatable bonds is 1. The zero-order chi connectivity index (χ0) is 12.5. The molecule has 3 rings (SSSR count). The van der Waals surface area contributed by atoms with Crippen molar-refractivity contribution in [1.29, 1.82) is 0 Å². The zero-order valence-electron chi connectivity index (χ0n) is 10.1. The van der Waals surface area contributed by atoms with Crippen LogP contribution in [0.3, 0.4) is 0 Å². The van der Waals surface area contributed by atoms with Crippen LogP contribution in [-0.4, -0.2) is 0 Å². The summed E-state index contributed by atoms with van der Waals surface area (Å²) in [4.78, 5) is 0. The Labute approximate surface area is 112 Å². The van der Waals surface area contributed by atoms with Crippen molar-refractivity contribution < 1.29 is 4.74 Å². The van der Waals surface area contributed by atoms with Gasteiger partial charge in [-0.15, -0.1) is 0 Å². The molecule has 0 spiro atoms. The molecule has 0 N–H and O–H groups in total. The van der Waals surface area contributed by atoms with Crippen molar-refractivity contribution >= 4 is 17.4 Å². The number of fused-ring (bicyclic) bond motifs is 1. The number of halogens is 1. The molecule has 1 aliphatic rings. The Morgan fingerprint density at radius 3 is 2.72 bits per heavy atom. The normalized spacial score (nSPS) is 17.7. The number of hydrogen-bond donors (Lipinski definition) is 0. The summed E-state index contributed by atoms with van der Waals surface area (Å²) in [6, 6.07) is 15.9. The molecule has 0 saturated heterocycles. The summed E-state index contributed by atoms with van der Waals surface area (Å²) < 4.78 is 5.95. The van der Waals surface area contributed by atoms with E-state index in [4.69, 9.17) is 16.3 Å². The van der Waals surface area contributed by atoms with Gasteiger partial charge < -0.3 is 4.74 Å². The topological polar surface area (TPSA) is 9.23 Å². The molecule has 2 heteroatoms. The van der Waals surface area contributed by atoms with E-state index in [-0.39, 0.29) is 0 Å². The van der Waals surface area contributed by atoms with Crippen LogP contribution in [0.2, 0.25) is 5.02 Å². The van der Waals surface area contributed by atoms with E-state index in [1.165, 1.54) is 5.56 Å². The molecule has 1 atom stereocenters. The standard InChI is InChI=1S/C16H13ClO/c1-11-9-16(12-5-4-6-13(17)10-12)18-15-8-3-2-7-14(11)15/h2-11H,1H3. The van der Waals surface area contributed by atoms with Gasteiger partial charge in [-0.1, -0.05) is 48.9 Å². The van der Waals surface area contributed by atoms with Gasteiger partial charge in [0.1, 0.15) is 11.5 Å². The van der Waals surface area contributed by atoms with Gasteiger partial charge in [-0.05, 0) is 24.3 Å². The Balaban J connectivity index is 2.02. The maximum Gasteiger partial charge on any atom is 0.131 e. The summed E-state index contributed by atoms with van der Waals surface area (Å²) in [6.07, 6.45) is 2.13. The molecule has 0 radical (unpaired) electrons. The van der Waals surface area contributed by atoms with Crippen molar-refractivity contribution in [3.63, 3.8) is 0 Å². The molecule has 0 saturated carbocycles. The first kappa shape index (κ1) is 11.4. The number of ether oxygens (including phenoxy) is 1. The van der Waals surface area contributed by atoms with E-state index in [9.17, 15) is 0 Å². The van der Waals surface area contributed by atoms with Crippen molar-refractivity contribution in [3.05, 3.63) is 70.8 Å². The van der Waals surface area contributed by atoms with Gasteiger partial charge in [0.15, 0.2) is 0 Å². The fourth-order valence-corrected chi connectivity index (χ4v) is 2.41. The molecule has 0 bridgehead atoms. The first-order valence-corrected chi connectivity index (χ1v) is 6.36. The van der Waals surface area contributed by atoms with Crippen LogP contribution in [-0.2, 0) is 0 Å². The predicted octanol–water partition coefficient (Wildman–Crippen LogP) is 4.88. The van der Waals surface area contributed by atoms with E-state index in [1.54, 1.807) is 0 Å². The molecule has 0 aromatic heterocycles. The van der Waals surface area contributed by atoms with Crippen LogP contribution >= 0.6 is 11.6 Å². The molecule has 90 valence electrons. The van der Waals surface area contributed by atoms with Crippen LogP contribution in [0.1, 0.15) is 24.0 Å². The quantitative estimate of drug-likeness (QED) is 0.707. The van der Waals surface area contributed by atoms with Crippen molar-refractivity contribution in [2.24, 2.45) is 0 Å². The molecule has 1 nitrogen and oxygen atoms in total. The summed E-state index contributed by atoms with van der Waals surface area (Å²) in [5, 5.41) is 0.725. The molecule has 0 amide bonds. The van der Waals surface area contributed by atoms with Crippen LogP contribution < -0.4 is 4.74 Å². The van der Waals surface area contributed by atoms with Gasteiger partial charge in [-0.25, -0.2) is 0 Å². The van der Waals surface area contributed by atoms with Crippen LogP contribution in [0.4, 0.5) is 0 Å². The summed E-state index contributed by atoms with van der Waals surface area (Å²) in [7, 11) is 0. The molecule has 1 unspecified atom stereocenters. The van der Waals surface area contributed by atoms with Gasteiger partial charge in [0.2, 0.25) is 0 Å². The van der Waals surface area contributed by atoms with E-state index in [0.717, 1.165) is 22.1 Å². The SMILES string of the molecule is CC1C=C(c2cccc(Cl)c2)Oc2ccccc21. The first-order valence-electron chi connectivity index (χ1n) is 5.98. The second-order valence-electron chi connectivity index (χ2n) is 4.47. The summed E-state index contributed by atoms with van der Waals surface area (Å²) in [6.45, 7) is 2.17. The molecule has 0 fully saturated rings. The lowest BCUT2D eigenvalue weighted by atomic mass is 9.96. The molecular formula is C16H13ClO. The average molecular weight is 257 g/mol. The fourth-order valence-electron chi connectivity index (χ4n) is 2.22. The Kier molecular flexibility index (Phi) is 2.85. The summed E-state index contributed by atoms with van der Waals surface area (Å²) >= 11 is 6.02.